The van der Waals surface area contributed by atoms with Crippen molar-refractivity contribution in [2.45, 2.75) is 45.4 Å². The van der Waals surface area contributed by atoms with E-state index >= 15 is 0 Å². The van der Waals surface area contributed by atoms with Crippen LogP contribution >= 0.6 is 0 Å². The fraction of sp³-hybridized carbons (Fsp3) is 0.929. The summed E-state index contributed by atoms with van der Waals surface area (Å²) in [5.74, 6) is 5.12. The van der Waals surface area contributed by atoms with Crippen LogP contribution < -0.4 is 5.73 Å². The van der Waals surface area contributed by atoms with E-state index < -0.39 is 0 Å². The molecule has 4 aliphatic rings. The highest BCUT2D eigenvalue weighted by molar-refractivity contribution is 5.73. The normalized spacial score (nSPS) is 46.9. The van der Waals surface area contributed by atoms with E-state index in [1.807, 2.05) is 0 Å². The number of rotatable bonds is 3. The first-order valence-corrected chi connectivity index (χ1v) is 6.91. The molecule has 0 aliphatic heterocycles. The third-order valence-corrected chi connectivity index (χ3v) is 5.48. The summed E-state index contributed by atoms with van der Waals surface area (Å²) in [5.41, 5.74) is 5.35. The SMILES string of the molecule is CC(CC(N)=O)C1C2CC3CC(C2)CC1C3. The quantitative estimate of drug-likeness (QED) is 0.782. The lowest BCUT2D eigenvalue weighted by molar-refractivity contribution is -0.121. The molecule has 0 heterocycles. The van der Waals surface area contributed by atoms with Gasteiger partial charge < -0.3 is 5.73 Å². The van der Waals surface area contributed by atoms with Crippen molar-refractivity contribution in [2.75, 3.05) is 0 Å². The monoisotopic (exact) mass is 221 g/mol. The van der Waals surface area contributed by atoms with E-state index in [0.29, 0.717) is 12.3 Å². The summed E-state index contributed by atoms with van der Waals surface area (Å²) < 4.78 is 0. The summed E-state index contributed by atoms with van der Waals surface area (Å²) in [5, 5.41) is 0. The molecular weight excluding hydrogens is 198 g/mol. The molecule has 16 heavy (non-hydrogen) atoms. The third-order valence-electron chi connectivity index (χ3n) is 5.48. The molecule has 4 rings (SSSR count). The first-order chi connectivity index (χ1) is 7.63. The second-order valence-electron chi connectivity index (χ2n) is 6.66. The maximum Gasteiger partial charge on any atom is 0.217 e. The smallest absolute Gasteiger partial charge is 0.217 e. The predicted molar refractivity (Wildman–Crippen MR) is 63.5 cm³/mol. The Bertz CT molecular complexity index is 271. The number of hydrogen-bond acceptors (Lipinski definition) is 1. The molecule has 2 heteroatoms. The highest BCUT2D eigenvalue weighted by Crippen LogP contribution is 2.58. The standard InChI is InChI=1S/C14H23NO/c1-8(2-13(15)16)14-11-4-9-3-10(6-11)7-12(14)5-9/h8-12,14H,2-7H2,1H3,(H2,15,16). The number of amides is 1. The summed E-state index contributed by atoms with van der Waals surface area (Å²) in [6.07, 6.45) is 7.89. The van der Waals surface area contributed by atoms with Crippen molar-refractivity contribution in [1.82, 2.24) is 0 Å². The van der Waals surface area contributed by atoms with Crippen LogP contribution in [0.5, 0.6) is 0 Å². The van der Waals surface area contributed by atoms with Crippen molar-refractivity contribution in [1.29, 1.82) is 0 Å². The lowest BCUT2D eigenvalue weighted by Gasteiger charge is -2.56. The van der Waals surface area contributed by atoms with Crippen LogP contribution in [-0.4, -0.2) is 5.91 Å². The largest absolute Gasteiger partial charge is 0.370 e. The highest BCUT2D eigenvalue weighted by Gasteiger charge is 2.49. The molecule has 90 valence electrons. The number of nitrogens with two attached hydrogens (primary N) is 1. The summed E-state index contributed by atoms with van der Waals surface area (Å²) >= 11 is 0. The minimum absolute atomic E-state index is 0.110. The summed E-state index contributed by atoms with van der Waals surface area (Å²) in [7, 11) is 0. The van der Waals surface area contributed by atoms with E-state index in [1.165, 1.54) is 32.1 Å². The van der Waals surface area contributed by atoms with Gasteiger partial charge in [-0.3, -0.25) is 4.79 Å². The van der Waals surface area contributed by atoms with Crippen LogP contribution in [0, 0.1) is 35.5 Å². The molecule has 1 unspecified atom stereocenters. The first-order valence-electron chi connectivity index (χ1n) is 6.91. The topological polar surface area (TPSA) is 43.1 Å². The maximum absolute atomic E-state index is 11.1. The van der Waals surface area contributed by atoms with E-state index in [0.717, 1.165) is 29.6 Å². The Labute approximate surface area is 98.0 Å². The Kier molecular flexibility index (Phi) is 2.49. The second-order valence-corrected chi connectivity index (χ2v) is 6.66. The first kappa shape index (κ1) is 10.6. The average Bonchev–Trinajstić information content (AvgIpc) is 2.13. The molecule has 0 aromatic rings. The third kappa shape index (κ3) is 1.66. The minimum atomic E-state index is -0.110. The molecule has 4 aliphatic carbocycles. The van der Waals surface area contributed by atoms with E-state index in [4.69, 9.17) is 5.73 Å². The number of carbonyl (C=O) groups is 1. The van der Waals surface area contributed by atoms with E-state index in [9.17, 15) is 4.79 Å². The van der Waals surface area contributed by atoms with Gasteiger partial charge in [-0.1, -0.05) is 6.92 Å². The van der Waals surface area contributed by atoms with Crippen LogP contribution in [0.2, 0.25) is 0 Å². The summed E-state index contributed by atoms with van der Waals surface area (Å²) in [6, 6.07) is 0. The molecule has 2 nitrogen and oxygen atoms in total. The van der Waals surface area contributed by atoms with Crippen LogP contribution in [0.15, 0.2) is 0 Å². The van der Waals surface area contributed by atoms with Crippen molar-refractivity contribution in [3.63, 3.8) is 0 Å². The molecule has 4 fully saturated rings. The van der Waals surface area contributed by atoms with Crippen LogP contribution in [0.4, 0.5) is 0 Å². The van der Waals surface area contributed by atoms with Gasteiger partial charge in [-0.05, 0) is 67.6 Å². The summed E-state index contributed by atoms with van der Waals surface area (Å²) in [4.78, 5) is 11.1. The maximum atomic E-state index is 11.1. The van der Waals surface area contributed by atoms with Gasteiger partial charge in [0.05, 0.1) is 0 Å². The molecule has 0 saturated heterocycles. The predicted octanol–water partition coefficient (Wildman–Crippen LogP) is 2.57. The van der Waals surface area contributed by atoms with Gasteiger partial charge in [0.2, 0.25) is 5.91 Å². The molecule has 4 bridgehead atoms. The Hall–Kier alpha value is -0.530. The highest BCUT2D eigenvalue weighted by atomic mass is 16.1. The van der Waals surface area contributed by atoms with Crippen LogP contribution in [0.1, 0.15) is 45.4 Å². The molecular formula is C14H23NO. The lowest BCUT2D eigenvalue weighted by Crippen LogP contribution is -2.47. The number of primary amides is 1. The van der Waals surface area contributed by atoms with Crippen molar-refractivity contribution in [2.24, 2.45) is 41.2 Å². The van der Waals surface area contributed by atoms with Gasteiger partial charge in [0.25, 0.3) is 0 Å². The minimum Gasteiger partial charge on any atom is -0.370 e. The number of hydrogen-bond donors (Lipinski definition) is 1. The zero-order chi connectivity index (χ0) is 11.3. The average molecular weight is 221 g/mol. The fourth-order valence-electron chi connectivity index (χ4n) is 5.35. The van der Waals surface area contributed by atoms with Crippen molar-refractivity contribution >= 4 is 5.91 Å². The second kappa shape index (κ2) is 3.75. The zero-order valence-corrected chi connectivity index (χ0v) is 10.2. The molecule has 0 aromatic heterocycles. The van der Waals surface area contributed by atoms with Gasteiger partial charge in [-0.2, -0.15) is 0 Å². The van der Waals surface area contributed by atoms with Gasteiger partial charge in [0.15, 0.2) is 0 Å². The Morgan fingerprint density at radius 3 is 2.06 bits per heavy atom. The summed E-state index contributed by atoms with van der Waals surface area (Å²) in [6.45, 7) is 2.25. The molecule has 0 aromatic carbocycles. The van der Waals surface area contributed by atoms with Crippen LogP contribution in [0.25, 0.3) is 0 Å². The Morgan fingerprint density at radius 1 is 1.12 bits per heavy atom. The Balaban J connectivity index is 1.73. The zero-order valence-electron chi connectivity index (χ0n) is 10.2. The van der Waals surface area contributed by atoms with Crippen molar-refractivity contribution in [3.05, 3.63) is 0 Å². The molecule has 2 N–H and O–H groups in total. The number of carbonyl (C=O) groups excluding carboxylic acids is 1. The Morgan fingerprint density at radius 2 is 1.62 bits per heavy atom. The van der Waals surface area contributed by atoms with E-state index in [-0.39, 0.29) is 5.91 Å². The van der Waals surface area contributed by atoms with Crippen molar-refractivity contribution < 1.29 is 4.79 Å². The molecule has 1 amide bonds. The van der Waals surface area contributed by atoms with Crippen LogP contribution in [0.3, 0.4) is 0 Å². The molecule has 0 radical (unpaired) electrons. The van der Waals surface area contributed by atoms with Gasteiger partial charge in [-0.15, -0.1) is 0 Å². The van der Waals surface area contributed by atoms with Crippen LogP contribution in [-0.2, 0) is 4.79 Å². The van der Waals surface area contributed by atoms with E-state index in [1.54, 1.807) is 0 Å². The van der Waals surface area contributed by atoms with Gasteiger partial charge in [-0.25, -0.2) is 0 Å². The van der Waals surface area contributed by atoms with Gasteiger partial charge >= 0.3 is 0 Å². The van der Waals surface area contributed by atoms with E-state index in [2.05, 4.69) is 6.92 Å². The van der Waals surface area contributed by atoms with Crippen molar-refractivity contribution in [3.8, 4) is 0 Å². The lowest BCUT2D eigenvalue weighted by atomic mass is 9.49. The molecule has 1 atom stereocenters. The van der Waals surface area contributed by atoms with Gasteiger partial charge in [0.1, 0.15) is 0 Å². The molecule has 4 saturated carbocycles. The van der Waals surface area contributed by atoms with Gasteiger partial charge in [0, 0.05) is 6.42 Å². The fourth-order valence-corrected chi connectivity index (χ4v) is 5.35. The molecule has 0 spiro atoms.